The maximum Gasteiger partial charge on any atom is 0.253 e. The highest BCUT2D eigenvalue weighted by atomic mass is 16.2. The molecule has 1 heterocycles. The molecule has 0 fully saturated rings. The molecule has 0 saturated heterocycles. The van der Waals surface area contributed by atoms with Crippen LogP contribution in [-0.2, 0) is 0 Å². The molecule has 0 radical (unpaired) electrons. The van der Waals surface area contributed by atoms with Crippen LogP contribution in [-0.4, -0.2) is 38.0 Å². The second kappa shape index (κ2) is 7.85. The Morgan fingerprint density at radius 2 is 1.95 bits per heavy atom. The highest BCUT2D eigenvalue weighted by Crippen LogP contribution is 2.22. The molecule has 0 unspecified atom stereocenters. The molecule has 0 saturated carbocycles. The lowest BCUT2D eigenvalue weighted by atomic mass is 9.96. The zero-order valence-electron chi connectivity index (χ0n) is 13.3. The Labute approximate surface area is 122 Å². The van der Waals surface area contributed by atoms with Crippen molar-refractivity contribution in [3.63, 3.8) is 0 Å². The summed E-state index contributed by atoms with van der Waals surface area (Å²) in [5.74, 6) is 0.0679. The third-order valence-electron chi connectivity index (χ3n) is 3.30. The van der Waals surface area contributed by atoms with Crippen LogP contribution in [0.15, 0.2) is 24.3 Å². The van der Waals surface area contributed by atoms with Gasteiger partial charge in [0.25, 0.3) is 5.91 Å². The van der Waals surface area contributed by atoms with Crippen LogP contribution >= 0.6 is 0 Å². The van der Waals surface area contributed by atoms with Gasteiger partial charge in [0.1, 0.15) is 0 Å². The fourth-order valence-electron chi connectivity index (χ4n) is 2.23. The summed E-state index contributed by atoms with van der Waals surface area (Å²) in [5, 5.41) is 3.31. The van der Waals surface area contributed by atoms with Gasteiger partial charge in [0.2, 0.25) is 0 Å². The van der Waals surface area contributed by atoms with Crippen LogP contribution in [0.3, 0.4) is 0 Å². The van der Waals surface area contributed by atoms with Crippen molar-refractivity contribution in [2.75, 3.05) is 27.2 Å². The maximum absolute atomic E-state index is 12.0. The number of aryl methyl sites for hydroxylation is 1. The van der Waals surface area contributed by atoms with E-state index in [1.807, 2.05) is 26.8 Å². The number of nitrogens with one attached hydrogen (secondary N) is 1. The molecular weight excluding hydrogens is 248 g/mol. The van der Waals surface area contributed by atoms with Crippen LogP contribution < -0.4 is 5.32 Å². The summed E-state index contributed by atoms with van der Waals surface area (Å²) in [6.45, 7) is 7.97. The fourth-order valence-corrected chi connectivity index (χ4v) is 2.23. The van der Waals surface area contributed by atoms with Crippen molar-refractivity contribution in [2.45, 2.75) is 27.2 Å². The molecule has 1 aromatic rings. The molecule has 1 aliphatic rings. The van der Waals surface area contributed by atoms with Gasteiger partial charge >= 0.3 is 0 Å². The largest absolute Gasteiger partial charge is 0.345 e. The van der Waals surface area contributed by atoms with Crippen LogP contribution in [0.25, 0.3) is 5.57 Å². The van der Waals surface area contributed by atoms with Gasteiger partial charge in [0.15, 0.2) is 0 Å². The maximum atomic E-state index is 12.0. The van der Waals surface area contributed by atoms with Gasteiger partial charge in [0, 0.05) is 26.2 Å². The Balaban J connectivity index is 0.000000956. The first-order valence-electron chi connectivity index (χ1n) is 7.32. The Morgan fingerprint density at radius 3 is 2.45 bits per heavy atom. The summed E-state index contributed by atoms with van der Waals surface area (Å²) in [4.78, 5) is 13.6. The Morgan fingerprint density at radius 1 is 1.25 bits per heavy atom. The zero-order chi connectivity index (χ0) is 15.1. The van der Waals surface area contributed by atoms with Crippen LogP contribution in [0.5, 0.6) is 0 Å². The minimum atomic E-state index is 0.0679. The van der Waals surface area contributed by atoms with E-state index in [9.17, 15) is 4.79 Å². The van der Waals surface area contributed by atoms with E-state index >= 15 is 0 Å². The highest BCUT2D eigenvalue weighted by molar-refractivity contribution is 5.95. The van der Waals surface area contributed by atoms with E-state index in [1.54, 1.807) is 19.0 Å². The molecule has 0 aliphatic carbocycles. The van der Waals surface area contributed by atoms with E-state index in [-0.39, 0.29) is 5.91 Å². The van der Waals surface area contributed by atoms with Crippen molar-refractivity contribution in [1.82, 2.24) is 10.2 Å². The van der Waals surface area contributed by atoms with E-state index < -0.39 is 0 Å². The summed E-state index contributed by atoms with van der Waals surface area (Å²) in [6, 6.07) is 6.12. The van der Waals surface area contributed by atoms with Gasteiger partial charge in [-0.1, -0.05) is 32.1 Å². The molecule has 1 N–H and O–H groups in total. The highest BCUT2D eigenvalue weighted by Gasteiger charge is 2.13. The molecular formula is C17H26N2O. The lowest BCUT2D eigenvalue weighted by molar-refractivity contribution is 0.0827. The number of carbonyl (C=O) groups excluding carboxylic acids is 1. The smallest absolute Gasteiger partial charge is 0.253 e. The molecule has 3 nitrogen and oxygen atoms in total. The minimum Gasteiger partial charge on any atom is -0.345 e. The van der Waals surface area contributed by atoms with E-state index in [0.29, 0.717) is 0 Å². The third-order valence-corrected chi connectivity index (χ3v) is 3.30. The second-order valence-electron chi connectivity index (χ2n) is 4.91. The first-order valence-corrected chi connectivity index (χ1v) is 7.32. The van der Waals surface area contributed by atoms with Crippen molar-refractivity contribution in [1.29, 1.82) is 0 Å². The number of hydrogen-bond acceptors (Lipinski definition) is 2. The Kier molecular flexibility index (Phi) is 6.46. The number of carbonyl (C=O) groups is 1. The molecule has 0 spiro atoms. The van der Waals surface area contributed by atoms with Crippen LogP contribution in [0, 0.1) is 6.92 Å². The predicted octanol–water partition coefficient (Wildman–Crippen LogP) is 3.10. The van der Waals surface area contributed by atoms with Crippen molar-refractivity contribution in [2.24, 2.45) is 0 Å². The van der Waals surface area contributed by atoms with Gasteiger partial charge in [-0.05, 0) is 42.7 Å². The number of nitrogens with zero attached hydrogens (tertiary/aromatic N) is 1. The summed E-state index contributed by atoms with van der Waals surface area (Å²) < 4.78 is 0. The molecule has 1 aliphatic heterocycles. The fraction of sp³-hybridized carbons (Fsp3) is 0.471. The number of rotatable bonds is 2. The SMILES string of the molecule is CC.Cc1cc(C2=CCNCC2)ccc1C(=O)N(C)C. The quantitative estimate of drug-likeness (QED) is 0.899. The summed E-state index contributed by atoms with van der Waals surface area (Å²) in [5.41, 5.74) is 4.45. The zero-order valence-corrected chi connectivity index (χ0v) is 13.3. The topological polar surface area (TPSA) is 32.3 Å². The number of benzene rings is 1. The predicted molar refractivity (Wildman–Crippen MR) is 86.0 cm³/mol. The van der Waals surface area contributed by atoms with Crippen LogP contribution in [0.2, 0.25) is 0 Å². The number of hydrogen-bond donors (Lipinski definition) is 1. The normalized spacial score (nSPS) is 13.9. The molecule has 0 atom stereocenters. The van der Waals surface area contributed by atoms with E-state index in [4.69, 9.17) is 0 Å². The van der Waals surface area contributed by atoms with Gasteiger partial charge in [-0.2, -0.15) is 0 Å². The number of amides is 1. The van der Waals surface area contributed by atoms with Gasteiger partial charge in [-0.25, -0.2) is 0 Å². The second-order valence-corrected chi connectivity index (χ2v) is 4.91. The van der Waals surface area contributed by atoms with Gasteiger partial charge in [-0.15, -0.1) is 0 Å². The summed E-state index contributed by atoms with van der Waals surface area (Å²) in [6.07, 6.45) is 3.28. The van der Waals surface area contributed by atoms with Gasteiger partial charge in [-0.3, -0.25) is 4.79 Å². The van der Waals surface area contributed by atoms with Gasteiger partial charge < -0.3 is 10.2 Å². The monoisotopic (exact) mass is 274 g/mol. The molecule has 20 heavy (non-hydrogen) atoms. The van der Waals surface area contributed by atoms with Crippen molar-refractivity contribution < 1.29 is 4.79 Å². The summed E-state index contributed by atoms with van der Waals surface area (Å²) >= 11 is 0. The molecule has 1 aromatic carbocycles. The van der Waals surface area contributed by atoms with Crippen molar-refractivity contribution >= 4 is 11.5 Å². The minimum absolute atomic E-state index is 0.0679. The first-order chi connectivity index (χ1) is 9.59. The molecule has 0 bridgehead atoms. The van der Waals surface area contributed by atoms with E-state index in [0.717, 1.165) is 30.6 Å². The lowest BCUT2D eigenvalue weighted by Gasteiger charge is -2.17. The Bertz CT molecular complexity index is 490. The van der Waals surface area contributed by atoms with Gasteiger partial charge in [0.05, 0.1) is 0 Å². The van der Waals surface area contributed by atoms with E-state index in [2.05, 4.69) is 23.5 Å². The standard InChI is InChI=1S/C15H20N2O.C2H6/c1-11-10-13(12-6-8-16-9-7-12)4-5-14(11)15(18)17(2)3;1-2/h4-6,10,16H,7-9H2,1-3H3;1-2H3. The molecule has 0 aromatic heterocycles. The average Bonchev–Trinajstić information content (AvgIpc) is 2.49. The Hall–Kier alpha value is -1.61. The molecule has 1 amide bonds. The molecule has 2 rings (SSSR count). The third kappa shape index (κ3) is 3.94. The summed E-state index contributed by atoms with van der Waals surface area (Å²) in [7, 11) is 3.57. The van der Waals surface area contributed by atoms with Crippen molar-refractivity contribution in [3.05, 3.63) is 41.0 Å². The molecule has 3 heteroatoms. The van der Waals surface area contributed by atoms with Crippen LogP contribution in [0.4, 0.5) is 0 Å². The molecule has 110 valence electrons. The lowest BCUT2D eigenvalue weighted by Crippen LogP contribution is -2.23. The van der Waals surface area contributed by atoms with Crippen molar-refractivity contribution in [3.8, 4) is 0 Å². The van der Waals surface area contributed by atoms with Crippen LogP contribution in [0.1, 0.15) is 41.8 Å². The average molecular weight is 274 g/mol. The van der Waals surface area contributed by atoms with E-state index in [1.165, 1.54) is 11.1 Å². The first kappa shape index (κ1) is 16.4.